The molecular formula is C9H17N3O2. The van der Waals surface area contributed by atoms with E-state index in [0.717, 1.165) is 16.4 Å². The van der Waals surface area contributed by atoms with Gasteiger partial charge in [0.25, 0.3) is 0 Å². The van der Waals surface area contributed by atoms with Crippen LogP contribution in [0.4, 0.5) is 5.82 Å². The third kappa shape index (κ3) is 1.98. The maximum absolute atomic E-state index is 11.6. The minimum Gasteiger partial charge on any atom is -0.596 e. The van der Waals surface area contributed by atoms with Crippen LogP contribution in [0, 0.1) is 5.21 Å². The molecular weight excluding hydrogens is 182 g/mol. The lowest BCUT2D eigenvalue weighted by Crippen LogP contribution is -2.40. The molecule has 1 heterocycles. The number of hydrogen-bond donors (Lipinski definition) is 2. The minimum absolute atomic E-state index is 0.0647. The lowest BCUT2D eigenvalue weighted by molar-refractivity contribution is -0.699. The Morgan fingerprint density at radius 2 is 2.29 bits per heavy atom. The van der Waals surface area contributed by atoms with Crippen LogP contribution in [0.25, 0.3) is 0 Å². The second kappa shape index (κ2) is 4.85. The van der Waals surface area contributed by atoms with Crippen molar-refractivity contribution in [3.63, 3.8) is 0 Å². The van der Waals surface area contributed by atoms with Gasteiger partial charge in [0.2, 0.25) is 5.69 Å². The highest BCUT2D eigenvalue weighted by Crippen LogP contribution is 2.08. The predicted molar refractivity (Wildman–Crippen MR) is 54.0 cm³/mol. The van der Waals surface area contributed by atoms with Crippen molar-refractivity contribution in [3.05, 3.63) is 17.0 Å². The van der Waals surface area contributed by atoms with E-state index in [1.165, 1.54) is 0 Å². The molecule has 0 amide bonds. The van der Waals surface area contributed by atoms with Crippen molar-refractivity contribution in [2.45, 2.75) is 26.8 Å². The Bertz CT molecular complexity index is 296. The molecule has 0 aliphatic heterocycles. The van der Waals surface area contributed by atoms with E-state index in [1.54, 1.807) is 4.68 Å². The Morgan fingerprint density at radius 1 is 1.57 bits per heavy atom. The Hall–Kier alpha value is -1.23. The molecule has 0 aliphatic rings. The number of aryl methyl sites for hydroxylation is 1. The predicted octanol–water partition coefficient (Wildman–Crippen LogP) is 0.108. The highest BCUT2D eigenvalue weighted by atomic mass is 16.5. The molecule has 5 nitrogen and oxygen atoms in total. The van der Waals surface area contributed by atoms with Crippen molar-refractivity contribution >= 4 is 5.82 Å². The van der Waals surface area contributed by atoms with Gasteiger partial charge in [-0.2, -0.15) is 0 Å². The van der Waals surface area contributed by atoms with Crippen molar-refractivity contribution in [3.8, 4) is 0 Å². The topological polar surface area (TPSA) is 64.1 Å². The fraction of sp³-hybridized carbons (Fsp3) is 0.667. The van der Waals surface area contributed by atoms with E-state index in [-0.39, 0.29) is 6.61 Å². The lowest BCUT2D eigenvalue weighted by atomic mass is 10.3. The molecule has 5 heteroatoms. The number of anilines is 1. The molecule has 0 atom stereocenters. The van der Waals surface area contributed by atoms with Crippen molar-refractivity contribution in [1.82, 2.24) is 4.68 Å². The summed E-state index contributed by atoms with van der Waals surface area (Å²) in [7, 11) is 0. The van der Waals surface area contributed by atoms with Crippen LogP contribution in [0.2, 0.25) is 0 Å². The van der Waals surface area contributed by atoms with Crippen LogP contribution in [-0.2, 0) is 13.0 Å². The standard InChI is InChI=1S/C9H17N3O2/c1-3-8-7-9(10-5-6-13)11(4-2)12(8)14/h7,10,13H,3-6H2,1-2H3. The number of aromatic nitrogens is 2. The number of aliphatic hydroxyl groups is 1. The largest absolute Gasteiger partial charge is 0.596 e. The Balaban J connectivity index is 2.90. The maximum atomic E-state index is 11.6. The maximum Gasteiger partial charge on any atom is 0.223 e. The second-order valence-corrected chi connectivity index (χ2v) is 3.01. The molecule has 1 aromatic rings. The first-order valence-corrected chi connectivity index (χ1v) is 4.91. The van der Waals surface area contributed by atoms with E-state index in [2.05, 4.69) is 5.32 Å². The van der Waals surface area contributed by atoms with Crippen LogP contribution < -0.4 is 10.2 Å². The normalized spacial score (nSPS) is 10.5. The average Bonchev–Trinajstić information content (AvgIpc) is 2.51. The Kier molecular flexibility index (Phi) is 3.76. The molecule has 80 valence electrons. The summed E-state index contributed by atoms with van der Waals surface area (Å²) in [5, 5.41) is 23.3. The highest BCUT2D eigenvalue weighted by Gasteiger charge is 2.14. The van der Waals surface area contributed by atoms with Gasteiger partial charge in [0.1, 0.15) is 0 Å². The van der Waals surface area contributed by atoms with Gasteiger partial charge in [-0.3, -0.25) is 0 Å². The smallest absolute Gasteiger partial charge is 0.223 e. The molecule has 14 heavy (non-hydrogen) atoms. The summed E-state index contributed by atoms with van der Waals surface area (Å²) in [6, 6.07) is 1.83. The minimum atomic E-state index is 0.0647. The lowest BCUT2D eigenvalue weighted by Gasteiger charge is -2.06. The molecule has 1 aromatic heterocycles. The number of aliphatic hydroxyl groups excluding tert-OH is 1. The third-order valence-electron chi connectivity index (χ3n) is 2.13. The second-order valence-electron chi connectivity index (χ2n) is 3.01. The van der Waals surface area contributed by atoms with Crippen LogP contribution in [0.15, 0.2) is 6.07 Å². The van der Waals surface area contributed by atoms with Crippen LogP contribution in [0.1, 0.15) is 19.5 Å². The molecule has 0 saturated carbocycles. The van der Waals surface area contributed by atoms with Gasteiger partial charge >= 0.3 is 0 Å². The number of nitrogens with zero attached hydrogens (tertiary/aromatic N) is 2. The van der Waals surface area contributed by atoms with Crippen molar-refractivity contribution in [2.24, 2.45) is 0 Å². The van der Waals surface area contributed by atoms with E-state index in [9.17, 15) is 5.21 Å². The summed E-state index contributed by atoms with van der Waals surface area (Å²) >= 11 is 0. The van der Waals surface area contributed by atoms with Crippen molar-refractivity contribution in [2.75, 3.05) is 18.5 Å². The van der Waals surface area contributed by atoms with E-state index in [4.69, 9.17) is 5.11 Å². The molecule has 0 saturated heterocycles. The molecule has 0 radical (unpaired) electrons. The first-order valence-electron chi connectivity index (χ1n) is 4.91. The summed E-state index contributed by atoms with van der Waals surface area (Å²) in [5.74, 6) is 0.772. The SMILES string of the molecule is CCc1cc(NCCO)n(CC)[n+]1[O-]. The average molecular weight is 199 g/mol. The van der Waals surface area contributed by atoms with Gasteiger partial charge in [-0.1, -0.05) is 11.8 Å². The Morgan fingerprint density at radius 3 is 2.79 bits per heavy atom. The summed E-state index contributed by atoms with van der Waals surface area (Å²) in [6.07, 6.45) is 0.713. The fourth-order valence-electron chi connectivity index (χ4n) is 1.40. The van der Waals surface area contributed by atoms with Gasteiger partial charge in [-0.15, -0.1) is 4.68 Å². The molecule has 1 rings (SSSR count). The number of nitrogens with one attached hydrogen (secondary N) is 1. The zero-order valence-corrected chi connectivity index (χ0v) is 8.66. The monoisotopic (exact) mass is 199 g/mol. The quantitative estimate of drug-likeness (QED) is 0.522. The first-order chi connectivity index (χ1) is 6.74. The van der Waals surface area contributed by atoms with E-state index >= 15 is 0 Å². The van der Waals surface area contributed by atoms with Gasteiger partial charge in [0.15, 0.2) is 5.82 Å². The number of hydrogen-bond acceptors (Lipinski definition) is 3. The van der Waals surface area contributed by atoms with E-state index in [0.29, 0.717) is 19.5 Å². The van der Waals surface area contributed by atoms with Gasteiger partial charge in [0, 0.05) is 13.0 Å². The summed E-state index contributed by atoms with van der Waals surface area (Å²) in [5.41, 5.74) is 0.743. The summed E-state index contributed by atoms with van der Waals surface area (Å²) in [4.78, 5) is 0.902. The van der Waals surface area contributed by atoms with Gasteiger partial charge in [0.05, 0.1) is 19.2 Å². The van der Waals surface area contributed by atoms with Crippen LogP contribution in [-0.4, -0.2) is 22.9 Å². The van der Waals surface area contributed by atoms with E-state index < -0.39 is 0 Å². The third-order valence-corrected chi connectivity index (χ3v) is 2.13. The van der Waals surface area contributed by atoms with Gasteiger partial charge in [-0.05, 0) is 6.92 Å². The van der Waals surface area contributed by atoms with Gasteiger partial charge in [-0.25, -0.2) is 0 Å². The molecule has 0 aromatic carbocycles. The van der Waals surface area contributed by atoms with Crippen LogP contribution >= 0.6 is 0 Å². The summed E-state index contributed by atoms with van der Waals surface area (Å²) < 4.78 is 1.61. The number of rotatable bonds is 5. The van der Waals surface area contributed by atoms with Crippen molar-refractivity contribution in [1.29, 1.82) is 0 Å². The molecule has 0 aliphatic carbocycles. The molecule has 0 unspecified atom stereocenters. The molecule has 0 bridgehead atoms. The van der Waals surface area contributed by atoms with Crippen LogP contribution in [0.5, 0.6) is 0 Å². The molecule has 0 spiro atoms. The first kappa shape index (κ1) is 10.8. The van der Waals surface area contributed by atoms with Crippen molar-refractivity contribution < 1.29 is 9.95 Å². The van der Waals surface area contributed by atoms with E-state index in [1.807, 2.05) is 19.9 Å². The van der Waals surface area contributed by atoms with Crippen LogP contribution in [0.3, 0.4) is 0 Å². The summed E-state index contributed by atoms with van der Waals surface area (Å²) in [6.45, 7) is 5.01. The fourth-order valence-corrected chi connectivity index (χ4v) is 1.40. The molecule has 2 N–H and O–H groups in total. The Labute approximate surface area is 83.5 Å². The molecule has 0 fully saturated rings. The zero-order chi connectivity index (χ0) is 10.6. The van der Waals surface area contributed by atoms with Gasteiger partial charge < -0.3 is 15.6 Å². The highest BCUT2D eigenvalue weighted by molar-refractivity contribution is 5.34. The zero-order valence-electron chi connectivity index (χ0n) is 8.66.